The summed E-state index contributed by atoms with van der Waals surface area (Å²) in [7, 11) is 0. The summed E-state index contributed by atoms with van der Waals surface area (Å²) in [4.78, 5) is 12.5. The van der Waals surface area contributed by atoms with E-state index in [-0.39, 0.29) is 24.2 Å². The lowest BCUT2D eigenvalue weighted by atomic mass is 9.88. The molecule has 5 heteroatoms. The van der Waals surface area contributed by atoms with E-state index >= 15 is 0 Å². The zero-order valence-electron chi connectivity index (χ0n) is 14.0. The van der Waals surface area contributed by atoms with Gasteiger partial charge in [0, 0.05) is 13.0 Å². The first-order chi connectivity index (χ1) is 9.76. The Morgan fingerprint density at radius 2 is 2.00 bits per heavy atom. The van der Waals surface area contributed by atoms with Crippen LogP contribution in [0, 0.1) is 19.8 Å². The van der Waals surface area contributed by atoms with E-state index in [1.165, 1.54) is 11.1 Å². The quantitative estimate of drug-likeness (QED) is 0.893. The number of carbonyl (C=O) groups is 1. The van der Waals surface area contributed by atoms with Crippen molar-refractivity contribution in [2.45, 2.75) is 52.7 Å². The van der Waals surface area contributed by atoms with Gasteiger partial charge in [-0.3, -0.25) is 4.79 Å². The molecule has 0 saturated heterocycles. The lowest BCUT2D eigenvalue weighted by molar-refractivity contribution is -0.129. The van der Waals surface area contributed by atoms with Crippen LogP contribution in [0.2, 0.25) is 0 Å². The van der Waals surface area contributed by atoms with Gasteiger partial charge in [-0.25, -0.2) is 0 Å². The van der Waals surface area contributed by atoms with Gasteiger partial charge < -0.3 is 15.8 Å². The summed E-state index contributed by atoms with van der Waals surface area (Å²) in [5, 5.41) is 3.06. The molecule has 0 bridgehead atoms. The van der Waals surface area contributed by atoms with Gasteiger partial charge in [0.2, 0.25) is 0 Å². The smallest absolute Gasteiger partial charge is 0.261 e. The summed E-state index contributed by atoms with van der Waals surface area (Å²) in [5.74, 6) is 1.01. The first kappa shape index (κ1) is 18.8. The molecule has 124 valence electrons. The third-order valence-corrected chi connectivity index (χ3v) is 4.75. The maximum absolute atomic E-state index is 12.5. The molecule has 1 aromatic rings. The zero-order valence-corrected chi connectivity index (χ0v) is 14.8. The van der Waals surface area contributed by atoms with Crippen LogP contribution in [-0.2, 0) is 11.2 Å². The second-order valence-electron chi connectivity index (χ2n) is 6.62. The van der Waals surface area contributed by atoms with Crippen molar-refractivity contribution in [3.8, 4) is 5.75 Å². The number of benzene rings is 1. The Hall–Kier alpha value is -1.26. The molecule has 1 aromatic carbocycles. The van der Waals surface area contributed by atoms with Gasteiger partial charge in [-0.05, 0) is 49.4 Å². The maximum Gasteiger partial charge on any atom is 0.261 e. The molecule has 0 radical (unpaired) electrons. The number of ether oxygens (including phenoxy) is 1. The van der Waals surface area contributed by atoms with Gasteiger partial charge in [0.05, 0.1) is 5.54 Å². The predicted molar refractivity (Wildman–Crippen MR) is 91.7 cm³/mol. The molecule has 1 amide bonds. The molecule has 0 saturated carbocycles. The lowest BCUT2D eigenvalue weighted by Gasteiger charge is -2.34. The average molecular weight is 327 g/mol. The molecule has 1 heterocycles. The van der Waals surface area contributed by atoms with Crippen LogP contribution >= 0.6 is 12.4 Å². The van der Waals surface area contributed by atoms with Crippen molar-refractivity contribution in [2.75, 3.05) is 6.54 Å². The number of halogens is 1. The summed E-state index contributed by atoms with van der Waals surface area (Å²) in [5.41, 5.74) is 8.94. The van der Waals surface area contributed by atoms with Crippen molar-refractivity contribution < 1.29 is 9.53 Å². The minimum absolute atomic E-state index is 0. The van der Waals surface area contributed by atoms with Gasteiger partial charge in [-0.1, -0.05) is 19.9 Å². The molecule has 1 aliphatic rings. The summed E-state index contributed by atoms with van der Waals surface area (Å²) in [6.07, 6.45) is 0.173. The first-order valence-electron chi connectivity index (χ1n) is 7.55. The molecule has 0 spiro atoms. The Morgan fingerprint density at radius 1 is 1.41 bits per heavy atom. The van der Waals surface area contributed by atoms with Crippen molar-refractivity contribution in [1.82, 2.24) is 5.32 Å². The van der Waals surface area contributed by atoms with Gasteiger partial charge in [0.1, 0.15) is 5.75 Å². The Bertz CT molecular complexity index is 529. The number of carbonyl (C=O) groups excluding carboxylic acids is 1. The number of nitrogens with two attached hydrogens (primary N) is 1. The van der Waals surface area contributed by atoms with Gasteiger partial charge in [-0.2, -0.15) is 0 Å². The van der Waals surface area contributed by atoms with Crippen LogP contribution in [0.1, 0.15) is 37.5 Å². The fraction of sp³-hybridized carbons (Fsp3) is 0.588. The first-order valence-corrected chi connectivity index (χ1v) is 7.55. The fourth-order valence-electron chi connectivity index (χ4n) is 2.45. The highest BCUT2D eigenvalue weighted by Gasteiger charge is 2.35. The fourth-order valence-corrected chi connectivity index (χ4v) is 2.45. The Morgan fingerprint density at radius 3 is 2.55 bits per heavy atom. The summed E-state index contributed by atoms with van der Waals surface area (Å²) >= 11 is 0. The number of fused-ring (bicyclic) bond motifs is 1. The Balaban J connectivity index is 0.00000242. The largest absolute Gasteiger partial charge is 0.480 e. The molecule has 2 unspecified atom stereocenters. The highest BCUT2D eigenvalue weighted by Crippen LogP contribution is 2.31. The normalized spacial score (nSPS) is 19.0. The highest BCUT2D eigenvalue weighted by molar-refractivity contribution is 5.85. The summed E-state index contributed by atoms with van der Waals surface area (Å²) < 4.78 is 5.82. The minimum atomic E-state index is -0.453. The number of amides is 1. The third-order valence-electron chi connectivity index (χ3n) is 4.75. The Kier molecular flexibility index (Phi) is 5.88. The second kappa shape index (κ2) is 6.88. The van der Waals surface area contributed by atoms with E-state index in [9.17, 15) is 4.79 Å². The molecule has 1 aliphatic heterocycles. The molecule has 0 aliphatic carbocycles. The highest BCUT2D eigenvalue weighted by atomic mass is 35.5. The molecular weight excluding hydrogens is 300 g/mol. The molecule has 0 fully saturated rings. The molecule has 3 N–H and O–H groups in total. The molecule has 0 aromatic heterocycles. The summed E-state index contributed by atoms with van der Waals surface area (Å²) in [6.45, 7) is 10.6. The zero-order chi connectivity index (χ0) is 15.8. The van der Waals surface area contributed by atoms with E-state index in [2.05, 4.69) is 39.1 Å². The van der Waals surface area contributed by atoms with Crippen molar-refractivity contribution in [3.63, 3.8) is 0 Å². The summed E-state index contributed by atoms with van der Waals surface area (Å²) in [6, 6.07) is 4.13. The monoisotopic (exact) mass is 326 g/mol. The lowest BCUT2D eigenvalue weighted by Crippen LogP contribution is -2.57. The van der Waals surface area contributed by atoms with Crippen molar-refractivity contribution in [3.05, 3.63) is 28.8 Å². The topological polar surface area (TPSA) is 64.3 Å². The van der Waals surface area contributed by atoms with E-state index in [0.717, 1.165) is 11.3 Å². The van der Waals surface area contributed by atoms with Crippen LogP contribution in [0.3, 0.4) is 0 Å². The number of aryl methyl sites for hydroxylation is 2. The number of hydrogen-bond donors (Lipinski definition) is 2. The van der Waals surface area contributed by atoms with Crippen LogP contribution in [0.4, 0.5) is 0 Å². The number of nitrogens with one attached hydrogen (secondary N) is 1. The van der Waals surface area contributed by atoms with Gasteiger partial charge in [0.25, 0.3) is 5.91 Å². The van der Waals surface area contributed by atoms with E-state index in [1.807, 2.05) is 13.0 Å². The van der Waals surface area contributed by atoms with E-state index in [0.29, 0.717) is 13.0 Å². The van der Waals surface area contributed by atoms with Gasteiger partial charge in [0.15, 0.2) is 6.10 Å². The number of hydrogen-bond acceptors (Lipinski definition) is 3. The van der Waals surface area contributed by atoms with E-state index in [4.69, 9.17) is 10.5 Å². The SMILES string of the molecule is Cc1cc2c(cc1C)OC(C(=O)NC(C)(CN)C(C)C)C2.Cl. The second-order valence-corrected chi connectivity index (χ2v) is 6.62. The predicted octanol–water partition coefficient (Wildman–Crippen LogP) is 2.52. The minimum Gasteiger partial charge on any atom is -0.480 e. The van der Waals surface area contributed by atoms with Crippen LogP contribution in [0.25, 0.3) is 0 Å². The average Bonchev–Trinajstić information content (AvgIpc) is 2.81. The van der Waals surface area contributed by atoms with E-state index < -0.39 is 11.6 Å². The van der Waals surface area contributed by atoms with Gasteiger partial charge in [-0.15, -0.1) is 12.4 Å². The Labute approximate surface area is 139 Å². The third kappa shape index (κ3) is 3.55. The van der Waals surface area contributed by atoms with E-state index in [1.54, 1.807) is 0 Å². The molecular formula is C17H27ClN2O2. The number of rotatable bonds is 4. The molecule has 22 heavy (non-hydrogen) atoms. The maximum atomic E-state index is 12.5. The van der Waals surface area contributed by atoms with Crippen LogP contribution in [0.5, 0.6) is 5.75 Å². The standard InChI is InChI=1S/C17H26N2O2.ClH/c1-10(2)17(5,9-18)19-16(20)15-8-13-6-11(3)12(4)7-14(13)21-15;/h6-7,10,15H,8-9,18H2,1-5H3,(H,19,20);1H. The van der Waals surface area contributed by atoms with Crippen molar-refractivity contribution in [2.24, 2.45) is 11.7 Å². The molecule has 4 nitrogen and oxygen atoms in total. The van der Waals surface area contributed by atoms with Crippen LogP contribution < -0.4 is 15.8 Å². The van der Waals surface area contributed by atoms with Gasteiger partial charge >= 0.3 is 0 Å². The molecule has 2 atom stereocenters. The molecule has 2 rings (SSSR count). The van der Waals surface area contributed by atoms with Crippen LogP contribution in [-0.4, -0.2) is 24.1 Å². The van der Waals surface area contributed by atoms with Crippen molar-refractivity contribution >= 4 is 18.3 Å². The van der Waals surface area contributed by atoms with Crippen molar-refractivity contribution in [1.29, 1.82) is 0 Å². The van der Waals surface area contributed by atoms with Crippen LogP contribution in [0.15, 0.2) is 12.1 Å².